The van der Waals surface area contributed by atoms with Crippen LogP contribution in [-0.2, 0) is 0 Å². The molecule has 0 radical (unpaired) electrons. The summed E-state index contributed by atoms with van der Waals surface area (Å²) in [5, 5.41) is 4.44. The number of pyridine rings is 1. The maximum Gasteiger partial charge on any atom is 0.326 e. The number of nitrogens with zero attached hydrogens (tertiary/aromatic N) is 2. The van der Waals surface area contributed by atoms with Crippen molar-refractivity contribution in [2.75, 3.05) is 6.54 Å². The highest BCUT2D eigenvalue weighted by atomic mass is 16.2. The number of H-pyrrole nitrogens is 1. The molecule has 2 N–H and O–H groups in total. The maximum atomic E-state index is 13.6. The van der Waals surface area contributed by atoms with Gasteiger partial charge >= 0.3 is 6.03 Å². The minimum atomic E-state index is -0.188. The maximum absolute atomic E-state index is 13.6. The van der Waals surface area contributed by atoms with Gasteiger partial charge in [0, 0.05) is 52.6 Å². The first kappa shape index (κ1) is 20.7. The second-order valence-electron chi connectivity index (χ2n) is 8.03. The largest absolute Gasteiger partial charge is 0.345 e. The molecule has 33 heavy (non-hydrogen) atoms. The summed E-state index contributed by atoms with van der Waals surface area (Å²) in [7, 11) is 0. The summed E-state index contributed by atoms with van der Waals surface area (Å²) < 4.78 is 1.56. The molecule has 5 aromatic rings. The molecular formula is C27H24N4O2. The molecule has 0 aliphatic rings. The number of benzene rings is 2. The van der Waals surface area contributed by atoms with Crippen molar-refractivity contribution >= 4 is 33.8 Å². The summed E-state index contributed by atoms with van der Waals surface area (Å²) in [5.74, 6) is -0.108. The Labute approximate surface area is 191 Å². The molecular weight excluding hydrogens is 412 g/mol. The van der Waals surface area contributed by atoms with Gasteiger partial charge < -0.3 is 10.3 Å². The van der Waals surface area contributed by atoms with E-state index in [1.165, 1.54) is 0 Å². The molecule has 0 bridgehead atoms. The van der Waals surface area contributed by atoms with Crippen LogP contribution in [0.1, 0.15) is 35.7 Å². The third kappa shape index (κ3) is 3.80. The van der Waals surface area contributed by atoms with Crippen LogP contribution < -0.4 is 5.32 Å². The number of amides is 1. The molecule has 0 atom stereocenters. The summed E-state index contributed by atoms with van der Waals surface area (Å²) in [6.07, 6.45) is 7.17. The highest BCUT2D eigenvalue weighted by Gasteiger charge is 2.20. The normalized spacial score (nSPS) is 11.2. The molecule has 3 aromatic heterocycles. The predicted octanol–water partition coefficient (Wildman–Crippen LogP) is 5.77. The number of aromatic nitrogens is 3. The van der Waals surface area contributed by atoms with Crippen LogP contribution in [0, 0.1) is 0 Å². The number of carbonyl (C=O) groups excluding carboxylic acids is 2. The molecule has 3 heterocycles. The van der Waals surface area contributed by atoms with Crippen LogP contribution in [0.25, 0.3) is 33.1 Å². The Hall–Kier alpha value is -4.19. The Bertz CT molecular complexity index is 1460. The molecule has 0 aliphatic carbocycles. The highest BCUT2D eigenvalue weighted by molar-refractivity contribution is 6.21. The topological polar surface area (TPSA) is 79.8 Å². The molecule has 0 saturated heterocycles. The lowest BCUT2D eigenvalue weighted by Gasteiger charge is -2.08. The first-order valence-corrected chi connectivity index (χ1v) is 11.1. The molecule has 0 spiro atoms. The van der Waals surface area contributed by atoms with Gasteiger partial charge in [-0.25, -0.2) is 9.78 Å². The van der Waals surface area contributed by atoms with Gasteiger partial charge in [0.2, 0.25) is 0 Å². The summed E-state index contributed by atoms with van der Waals surface area (Å²) in [6, 6.07) is 19.1. The first-order valence-electron chi connectivity index (χ1n) is 11.1. The zero-order valence-corrected chi connectivity index (χ0v) is 18.3. The number of fused-ring (bicyclic) bond motifs is 2. The summed E-state index contributed by atoms with van der Waals surface area (Å²) in [5.41, 5.74) is 4.47. The first-order chi connectivity index (χ1) is 16.2. The minimum absolute atomic E-state index is 0.108. The van der Waals surface area contributed by atoms with Gasteiger partial charge in [0.15, 0.2) is 5.78 Å². The van der Waals surface area contributed by atoms with E-state index >= 15 is 0 Å². The van der Waals surface area contributed by atoms with E-state index in [1.54, 1.807) is 29.2 Å². The zero-order chi connectivity index (χ0) is 22.8. The highest BCUT2D eigenvalue weighted by Crippen LogP contribution is 2.28. The number of rotatable bonds is 6. The van der Waals surface area contributed by atoms with Gasteiger partial charge in [0.05, 0.1) is 5.52 Å². The van der Waals surface area contributed by atoms with Crippen LogP contribution in [0.15, 0.2) is 79.3 Å². The third-order valence-electron chi connectivity index (χ3n) is 5.89. The van der Waals surface area contributed by atoms with E-state index in [0.717, 1.165) is 34.7 Å². The van der Waals surface area contributed by atoms with Crippen LogP contribution in [0.5, 0.6) is 0 Å². The fourth-order valence-electron chi connectivity index (χ4n) is 4.12. The number of hydrogen-bond acceptors (Lipinski definition) is 3. The van der Waals surface area contributed by atoms with E-state index in [1.807, 2.05) is 54.6 Å². The molecule has 0 saturated carbocycles. The summed E-state index contributed by atoms with van der Waals surface area (Å²) >= 11 is 0. The van der Waals surface area contributed by atoms with E-state index in [0.29, 0.717) is 28.8 Å². The van der Waals surface area contributed by atoms with Gasteiger partial charge in [-0.3, -0.25) is 9.36 Å². The van der Waals surface area contributed by atoms with Gasteiger partial charge in [-0.15, -0.1) is 0 Å². The van der Waals surface area contributed by atoms with E-state index < -0.39 is 0 Å². The van der Waals surface area contributed by atoms with Crippen LogP contribution in [0.3, 0.4) is 0 Å². The standard InChI is InChI=1S/C27H24N4O2/c1-2-3-13-28-27(33)31-14-12-20-21(10-7-11-24(20)31)25(32)23-17-30-26-22(23)15-19(16-29-26)18-8-5-4-6-9-18/h4-12,14-17H,2-3,13H2,1H3,(H,28,33)(H,29,30). The van der Waals surface area contributed by atoms with E-state index in [9.17, 15) is 9.59 Å². The second kappa shape index (κ2) is 8.74. The lowest BCUT2D eigenvalue weighted by atomic mass is 9.99. The van der Waals surface area contributed by atoms with Crippen molar-refractivity contribution in [2.45, 2.75) is 19.8 Å². The molecule has 6 heteroatoms. The van der Waals surface area contributed by atoms with Gasteiger partial charge in [-0.1, -0.05) is 55.8 Å². The molecule has 0 aliphatic heterocycles. The third-order valence-corrected chi connectivity index (χ3v) is 5.89. The van der Waals surface area contributed by atoms with Crippen LogP contribution >= 0.6 is 0 Å². The van der Waals surface area contributed by atoms with Crippen molar-refractivity contribution in [1.29, 1.82) is 0 Å². The molecule has 6 nitrogen and oxygen atoms in total. The number of ketones is 1. The SMILES string of the molecule is CCCCNC(=O)n1ccc2c(C(=O)c3c[nH]c4ncc(-c5ccccc5)cc34)cccc21. The lowest BCUT2D eigenvalue weighted by molar-refractivity contribution is 0.104. The van der Waals surface area contributed by atoms with Gasteiger partial charge in [0.1, 0.15) is 5.65 Å². The predicted molar refractivity (Wildman–Crippen MR) is 131 cm³/mol. The molecule has 0 unspecified atom stereocenters. The van der Waals surface area contributed by atoms with Crippen molar-refractivity contribution in [2.24, 2.45) is 0 Å². The Morgan fingerprint density at radius 3 is 2.64 bits per heavy atom. The monoisotopic (exact) mass is 436 g/mol. The molecule has 164 valence electrons. The van der Waals surface area contributed by atoms with Crippen molar-refractivity contribution in [1.82, 2.24) is 19.9 Å². The minimum Gasteiger partial charge on any atom is -0.345 e. The number of carbonyl (C=O) groups is 2. The Kier molecular flexibility index (Phi) is 5.48. The Balaban J connectivity index is 1.53. The van der Waals surface area contributed by atoms with Gasteiger partial charge in [-0.2, -0.15) is 0 Å². The van der Waals surface area contributed by atoms with E-state index in [2.05, 4.69) is 22.2 Å². The van der Waals surface area contributed by atoms with Crippen LogP contribution in [0.2, 0.25) is 0 Å². The average Bonchev–Trinajstić information content (AvgIpc) is 3.48. The fourth-order valence-corrected chi connectivity index (χ4v) is 4.12. The zero-order valence-electron chi connectivity index (χ0n) is 18.3. The molecule has 0 fully saturated rings. The van der Waals surface area contributed by atoms with Gasteiger partial charge in [-0.05, 0) is 30.2 Å². The number of hydrogen-bond donors (Lipinski definition) is 2. The Morgan fingerprint density at radius 1 is 0.970 bits per heavy atom. The van der Waals surface area contributed by atoms with Crippen molar-refractivity contribution < 1.29 is 9.59 Å². The average molecular weight is 437 g/mol. The van der Waals surface area contributed by atoms with Gasteiger partial charge in [0.25, 0.3) is 0 Å². The number of nitrogens with one attached hydrogen (secondary N) is 2. The molecule has 5 rings (SSSR count). The number of unbranched alkanes of at least 4 members (excludes halogenated alkanes) is 1. The van der Waals surface area contributed by atoms with Crippen LogP contribution in [-0.4, -0.2) is 32.9 Å². The van der Waals surface area contributed by atoms with E-state index in [-0.39, 0.29) is 11.8 Å². The van der Waals surface area contributed by atoms with Crippen molar-refractivity contribution in [3.8, 4) is 11.1 Å². The molecule has 1 amide bonds. The summed E-state index contributed by atoms with van der Waals surface area (Å²) in [4.78, 5) is 33.9. The lowest BCUT2D eigenvalue weighted by Crippen LogP contribution is -2.28. The summed E-state index contributed by atoms with van der Waals surface area (Å²) in [6.45, 7) is 2.71. The van der Waals surface area contributed by atoms with Crippen molar-refractivity contribution in [3.05, 3.63) is 90.4 Å². The molecule has 2 aromatic carbocycles. The fraction of sp³-hybridized carbons (Fsp3) is 0.148. The quantitative estimate of drug-likeness (QED) is 0.262. The second-order valence-corrected chi connectivity index (χ2v) is 8.03. The van der Waals surface area contributed by atoms with Crippen molar-refractivity contribution in [3.63, 3.8) is 0 Å². The van der Waals surface area contributed by atoms with E-state index in [4.69, 9.17) is 0 Å². The Morgan fingerprint density at radius 2 is 1.82 bits per heavy atom. The number of aromatic amines is 1. The smallest absolute Gasteiger partial charge is 0.326 e. The van der Waals surface area contributed by atoms with Crippen LogP contribution in [0.4, 0.5) is 4.79 Å².